The Kier molecular flexibility index (Phi) is 28.0. The lowest BCUT2D eigenvalue weighted by Crippen LogP contribution is -2.33. The predicted molar refractivity (Wildman–Crippen MR) is 396 cm³/mol. The van der Waals surface area contributed by atoms with E-state index in [0.29, 0.717) is 19.6 Å². The summed E-state index contributed by atoms with van der Waals surface area (Å²) in [6.07, 6.45) is -11.3. The summed E-state index contributed by atoms with van der Waals surface area (Å²) in [7, 11) is 0. The van der Waals surface area contributed by atoms with Crippen molar-refractivity contribution in [3.8, 4) is 0 Å². The molecule has 19 atom stereocenters. The van der Waals surface area contributed by atoms with Gasteiger partial charge in [0.25, 0.3) is 16.7 Å². The van der Waals surface area contributed by atoms with Gasteiger partial charge in [0.1, 0.15) is 85.5 Å². The molecule has 52 heteroatoms. The second kappa shape index (κ2) is 36.0. The molecule has 596 valence electrons. The summed E-state index contributed by atoms with van der Waals surface area (Å²) in [5.74, 6) is -0.628. The van der Waals surface area contributed by atoms with Crippen LogP contribution in [0.2, 0.25) is 0 Å². The van der Waals surface area contributed by atoms with Gasteiger partial charge in [-0.05, 0) is 65.0 Å². The van der Waals surface area contributed by atoms with Crippen molar-refractivity contribution in [2.75, 3.05) is 89.8 Å². The van der Waals surface area contributed by atoms with Crippen molar-refractivity contribution in [2.45, 2.75) is 139 Å². The Bertz CT molecular complexity index is 4850. The van der Waals surface area contributed by atoms with Crippen molar-refractivity contribution < 1.29 is 92.7 Å². The Labute approximate surface area is 639 Å². The third-order valence-corrected chi connectivity index (χ3v) is 25.5. The van der Waals surface area contributed by atoms with Crippen LogP contribution in [0.15, 0.2) is 81.3 Å². The molecule has 6 aromatic heterocycles. The minimum Gasteiger partial charge on any atom is -0.394 e. The van der Waals surface area contributed by atoms with E-state index < -0.39 is 179 Å². The molecule has 11 heterocycles. The molecule has 0 saturated carbocycles. The zero-order valence-electron chi connectivity index (χ0n) is 57.4. The molecule has 0 amide bonds. The molecular weight excluding hydrogens is 1660 g/mol. The van der Waals surface area contributed by atoms with Gasteiger partial charge in [-0.1, -0.05) is 50.6 Å². The molecule has 5 aliphatic rings. The van der Waals surface area contributed by atoms with E-state index in [2.05, 4.69) is 87.6 Å². The molecule has 5 unspecified atom stereocenters. The van der Waals surface area contributed by atoms with Gasteiger partial charge in [0.15, 0.2) is 11.2 Å². The monoisotopic (exact) mass is 1740 g/mol. The topological polar surface area (TPSA) is 566 Å². The third kappa shape index (κ3) is 21.1. The van der Waals surface area contributed by atoms with E-state index in [-0.39, 0.29) is 109 Å². The Hall–Kier alpha value is -4.98. The summed E-state index contributed by atoms with van der Waals surface area (Å²) < 4.78 is 147. The lowest BCUT2D eigenvalue weighted by molar-refractivity contribution is -0.0544. The zero-order chi connectivity index (χ0) is 77.7. The minimum atomic E-state index is -4.76. The maximum Gasteiger partial charge on any atom is 0.386 e. The molecule has 0 aliphatic carbocycles. The predicted octanol–water partition coefficient (Wildman–Crippen LogP) is 2.21. The van der Waals surface area contributed by atoms with Crippen LogP contribution in [0, 0.1) is 18.8 Å². The lowest BCUT2D eigenvalue weighted by Gasteiger charge is -2.30. The van der Waals surface area contributed by atoms with E-state index >= 15 is 0 Å². The van der Waals surface area contributed by atoms with E-state index in [4.69, 9.17) is 109 Å². The van der Waals surface area contributed by atoms with Crippen LogP contribution in [0.1, 0.15) is 82.7 Å². The minimum absolute atomic E-state index is 0.0146. The van der Waals surface area contributed by atoms with E-state index in [0.717, 1.165) is 19.9 Å². The molecule has 0 bridgehead atoms. The van der Waals surface area contributed by atoms with Crippen LogP contribution >= 0.6 is 79.8 Å². The number of hydrogen-bond donors (Lipinski definition) is 11. The maximum atomic E-state index is 14.9. The number of imidazole rings is 1. The molecule has 43 nitrogen and oxygen atoms in total. The molecule has 5 aliphatic heterocycles. The highest BCUT2D eigenvalue weighted by Gasteiger charge is 2.50. The first-order chi connectivity index (χ1) is 51.2. The number of aromatic nitrogens is 12. The van der Waals surface area contributed by atoms with E-state index in [1.165, 1.54) is 53.1 Å². The van der Waals surface area contributed by atoms with Gasteiger partial charge in [-0.2, -0.15) is 15.0 Å². The molecule has 0 aromatic carbocycles. The van der Waals surface area contributed by atoms with E-state index in [1.54, 1.807) is 0 Å². The Morgan fingerprint density at radius 2 is 1.02 bits per heavy atom. The molecule has 6 aromatic rings. The quantitative estimate of drug-likeness (QED) is 0.0153. The summed E-state index contributed by atoms with van der Waals surface area (Å²) >= 11 is 22.1. The van der Waals surface area contributed by atoms with Crippen LogP contribution < -0.4 is 62.4 Å². The molecule has 0 radical (unpaired) electrons. The number of halogens is 1. The fourth-order valence-electron chi connectivity index (χ4n) is 12.4. The number of nitrogens with one attached hydrogen (secondary N) is 3. The number of aromatic amines is 3. The van der Waals surface area contributed by atoms with Gasteiger partial charge >= 0.3 is 49.9 Å². The normalized spacial score (nSPS) is 28.2. The summed E-state index contributed by atoms with van der Waals surface area (Å²) in [6, 6.07) is 2.76. The average Bonchev–Trinajstić information content (AvgIpc) is 1.62. The van der Waals surface area contributed by atoms with Crippen LogP contribution in [-0.4, -0.2) is 190 Å². The number of aliphatic hydroxyl groups is 1. The Morgan fingerprint density at radius 3 is 1.54 bits per heavy atom. The smallest absolute Gasteiger partial charge is 0.386 e. The fraction of sp³-hybridized carbons (Fsp3) is 0.625. The molecule has 108 heavy (non-hydrogen) atoms. The first kappa shape index (κ1) is 83.9. The summed E-state index contributed by atoms with van der Waals surface area (Å²) in [4.78, 5) is 113. The first-order valence-electron chi connectivity index (χ1n) is 33.2. The number of fused-ring (bicyclic) bond motifs is 1. The second-order valence-corrected chi connectivity index (χ2v) is 37.8. The number of rotatable bonds is 36. The molecule has 11 rings (SSSR count). The van der Waals surface area contributed by atoms with Crippen LogP contribution in [0.3, 0.4) is 0 Å². The van der Waals surface area contributed by atoms with Crippen LogP contribution in [0.25, 0.3) is 11.2 Å². The van der Waals surface area contributed by atoms with Crippen molar-refractivity contribution in [3.63, 3.8) is 0 Å². The highest BCUT2D eigenvalue weighted by atomic mass is 79.9. The van der Waals surface area contributed by atoms with Gasteiger partial charge in [-0.25, -0.2) is 37.9 Å². The molecule has 5 saturated heterocycles. The Morgan fingerprint density at radius 1 is 0.574 bits per heavy atom. The highest BCUT2D eigenvalue weighted by Crippen LogP contribution is 2.61. The van der Waals surface area contributed by atoms with Crippen molar-refractivity contribution in [1.29, 1.82) is 0 Å². The standard InChI is InChI=1S/C56H79BrN16O27P4S4/c1-27(2)29-14-42(69-7-4-40(59)63-53(69)78)93-36(29)22-91-104(108,87-13-12-86-11-10-85-9-6-58)100-34-18-44(71-19-28(3)49(75)67-55(71)80)95-39(34)25-90-103(84,107)99-33-17-46(73-26-62-47-48(73)65-52(61)66-51(47)77)96-38(33)24-89-102(83,106)98-32-16-43(70-8-5-41(60)64-54(70)79)94-37(32)23-88-101(82,105)97-31-15-45(92-35(31)21-74)72-20-30(57)50(76)68-56(72)81/h4-5,7-8,19-20,26-27,29,31-39,42-46,74H,6,9-18,21-25,58H2,1-3H3,(H,82,105)(H,83,106)(H,84,107)(H2,59,63,78)(H2,60,64,79)(H,67,75,80)(H,68,76,81)(H3,61,65,66,77)/t29?,31-,32-,33-,34-,35-,36-,37-,38-,39-,42-,43-,44-,45-,46-,101?,102?,103?,104?/m1/s1. The first-order valence-corrected chi connectivity index (χ1v) is 44.6. The van der Waals surface area contributed by atoms with Gasteiger partial charge in [0.05, 0.1) is 89.1 Å². The fourth-order valence-corrected chi connectivity index (χ4v) is 19.4. The number of hydrogen-bond acceptors (Lipinski definition) is 36. The SMILES string of the molecule is Cc1cn([C@H]2C[C@@H](OP(=S)(OCCOCCOCCN)OC[C@H]3O[C@@H](n4ccc(N)nc4=O)CC3C(C)C)[C@@H](COP(=O)(S)O[C@@H]3C[C@H](n4cnc5c(=O)[nH]c(N)nc54)O[C@@H]3COP(=O)(S)O[C@@H]3C[C@H](n4ccc(N)nc4=O)O[C@@H]3COP(=O)(S)O[C@@H]3C[C@H](n4cc(Br)c(=O)[nH]c4=O)O[C@@H]3CO)O2)c(=O)[nH]c1=O. The van der Waals surface area contributed by atoms with Crippen molar-refractivity contribution in [2.24, 2.45) is 17.6 Å². The highest BCUT2D eigenvalue weighted by molar-refractivity contribution is 9.10. The molecule has 5 fully saturated rings. The number of nitrogens with zero attached hydrogens (tertiary/aromatic N) is 9. The average molecular weight is 1740 g/mol. The van der Waals surface area contributed by atoms with Gasteiger partial charge in [0.2, 0.25) is 5.95 Å². The zero-order valence-corrected chi connectivity index (χ0v) is 66.1. The van der Waals surface area contributed by atoms with Crippen LogP contribution in [0.4, 0.5) is 17.6 Å². The van der Waals surface area contributed by atoms with Crippen molar-refractivity contribution >= 4 is 120 Å². The molecule has 0 spiro atoms. The molecular formula is C56H79BrN16O27P4S4. The Balaban J connectivity index is 0.816. The summed E-state index contributed by atoms with van der Waals surface area (Å²) in [5.41, 5.74) is 17.7. The van der Waals surface area contributed by atoms with E-state index in [1.807, 2.05) is 13.8 Å². The maximum absolute atomic E-state index is 14.9. The lowest BCUT2D eigenvalue weighted by atomic mass is 9.89. The second-order valence-electron chi connectivity index (χ2n) is 25.4. The number of aryl methyl sites for hydroxylation is 1. The molecule has 12 N–H and O–H groups in total. The number of ether oxygens (including phenoxy) is 7. The number of aliphatic hydroxyl groups excluding tert-OH is 1. The number of H-pyrrole nitrogens is 3. The van der Waals surface area contributed by atoms with E-state index in [9.17, 15) is 52.4 Å². The van der Waals surface area contributed by atoms with Crippen molar-refractivity contribution in [3.05, 3.63) is 126 Å². The van der Waals surface area contributed by atoms with Gasteiger partial charge in [-0.3, -0.25) is 79.3 Å². The summed E-state index contributed by atoms with van der Waals surface area (Å²) in [5, 5.41) is 10.2. The largest absolute Gasteiger partial charge is 0.394 e. The van der Waals surface area contributed by atoms with Crippen molar-refractivity contribution in [1.82, 2.24) is 57.7 Å². The number of nitrogen functional groups attached to an aromatic ring is 3. The number of nitrogens with two attached hydrogens (primary N) is 4. The van der Waals surface area contributed by atoms with Gasteiger partial charge < -0.3 is 74.8 Å². The van der Waals surface area contributed by atoms with Gasteiger partial charge in [-0.15, -0.1) is 0 Å². The number of anilines is 3. The summed E-state index contributed by atoms with van der Waals surface area (Å²) in [6.45, 7) is -15.0. The number of thiol groups is 3. The van der Waals surface area contributed by atoms with Crippen LogP contribution in [-0.2, 0) is 99.4 Å². The van der Waals surface area contributed by atoms with Gasteiger partial charge in [0, 0.05) is 62.6 Å². The third-order valence-electron chi connectivity index (χ3n) is 17.6. The van der Waals surface area contributed by atoms with Crippen LogP contribution in [0.5, 0.6) is 0 Å².